The molecule has 1 aromatic carbocycles. The summed E-state index contributed by atoms with van der Waals surface area (Å²) in [5.74, 6) is -0.565. The number of aromatic amines is 1. The molecule has 116 valence electrons. The number of nitrogens with zero attached hydrogens (tertiary/aromatic N) is 2. The molecule has 0 bridgehead atoms. The minimum absolute atomic E-state index is 0.195. The molecule has 2 N–H and O–H groups in total. The molecular formula is C15H18N4O3. The largest absolute Gasteiger partial charge is 0.344 e. The molecular weight excluding hydrogens is 284 g/mol. The van der Waals surface area contributed by atoms with E-state index in [0.717, 1.165) is 16.7 Å². The van der Waals surface area contributed by atoms with Gasteiger partial charge in [0.05, 0.1) is 11.0 Å². The number of aromatic nitrogens is 2. The van der Waals surface area contributed by atoms with E-state index in [9.17, 15) is 14.9 Å². The maximum Gasteiger partial charge on any atom is 0.322 e. The normalized spacial score (nSPS) is 12.0. The molecule has 1 heterocycles. The van der Waals surface area contributed by atoms with E-state index < -0.39 is 10.8 Å². The Kier molecular flexibility index (Phi) is 4.25. The second-order valence-electron chi connectivity index (χ2n) is 5.29. The lowest BCUT2D eigenvalue weighted by molar-refractivity contribution is -0.385. The number of hydrogen-bond donors (Lipinski definition) is 2. The van der Waals surface area contributed by atoms with E-state index in [1.54, 1.807) is 0 Å². The van der Waals surface area contributed by atoms with Gasteiger partial charge in [0.2, 0.25) is 5.69 Å². The molecule has 0 aliphatic rings. The molecule has 2 rings (SSSR count). The van der Waals surface area contributed by atoms with Crippen LogP contribution in [0.5, 0.6) is 0 Å². The van der Waals surface area contributed by atoms with Crippen LogP contribution in [0.3, 0.4) is 0 Å². The van der Waals surface area contributed by atoms with Crippen molar-refractivity contribution < 1.29 is 9.72 Å². The maximum absolute atomic E-state index is 12.3. The summed E-state index contributed by atoms with van der Waals surface area (Å²) in [4.78, 5) is 22.7. The number of aryl methyl sites for hydroxylation is 2. The average molecular weight is 302 g/mol. The summed E-state index contributed by atoms with van der Waals surface area (Å²) in [6.45, 7) is 7.32. The highest BCUT2D eigenvalue weighted by Gasteiger charge is 2.28. The molecule has 0 aliphatic heterocycles. The van der Waals surface area contributed by atoms with Gasteiger partial charge in [-0.3, -0.25) is 20.0 Å². The van der Waals surface area contributed by atoms with Crippen molar-refractivity contribution in [2.45, 2.75) is 33.7 Å². The molecule has 7 nitrogen and oxygen atoms in total. The minimum atomic E-state index is -0.601. The van der Waals surface area contributed by atoms with E-state index in [4.69, 9.17) is 0 Å². The van der Waals surface area contributed by atoms with Crippen LogP contribution >= 0.6 is 0 Å². The van der Waals surface area contributed by atoms with Gasteiger partial charge in [-0.1, -0.05) is 18.2 Å². The number of carbonyl (C=O) groups is 1. The number of hydrogen-bond acceptors (Lipinski definition) is 4. The highest BCUT2D eigenvalue weighted by molar-refractivity contribution is 5.96. The number of H-pyrrole nitrogens is 1. The highest BCUT2D eigenvalue weighted by atomic mass is 16.6. The first-order valence-corrected chi connectivity index (χ1v) is 6.89. The van der Waals surface area contributed by atoms with Crippen LogP contribution in [-0.4, -0.2) is 21.0 Å². The fraction of sp³-hybridized carbons (Fsp3) is 0.333. The van der Waals surface area contributed by atoms with Gasteiger partial charge >= 0.3 is 5.69 Å². The van der Waals surface area contributed by atoms with E-state index in [1.807, 2.05) is 39.0 Å². The van der Waals surface area contributed by atoms with Gasteiger partial charge in [0.25, 0.3) is 5.91 Å². The lowest BCUT2D eigenvalue weighted by Gasteiger charge is -2.17. The predicted octanol–water partition coefficient (Wildman–Crippen LogP) is 2.73. The molecule has 1 aromatic heterocycles. The summed E-state index contributed by atoms with van der Waals surface area (Å²) in [7, 11) is 0. The van der Waals surface area contributed by atoms with E-state index in [-0.39, 0.29) is 23.1 Å². The van der Waals surface area contributed by atoms with Crippen LogP contribution in [0.1, 0.15) is 45.8 Å². The molecule has 0 saturated heterocycles. The first kappa shape index (κ1) is 15.7. The molecule has 0 aliphatic carbocycles. The summed E-state index contributed by atoms with van der Waals surface area (Å²) >= 11 is 0. The zero-order valence-corrected chi connectivity index (χ0v) is 12.9. The van der Waals surface area contributed by atoms with Gasteiger partial charge in [0.1, 0.15) is 5.69 Å². The Morgan fingerprint density at radius 1 is 1.36 bits per heavy atom. The summed E-state index contributed by atoms with van der Waals surface area (Å²) < 4.78 is 0. The van der Waals surface area contributed by atoms with E-state index in [2.05, 4.69) is 15.5 Å². The zero-order valence-electron chi connectivity index (χ0n) is 12.9. The Balaban J connectivity index is 2.26. The van der Waals surface area contributed by atoms with Crippen molar-refractivity contribution in [3.05, 3.63) is 56.4 Å². The van der Waals surface area contributed by atoms with Gasteiger partial charge < -0.3 is 5.32 Å². The molecule has 2 aromatic rings. The van der Waals surface area contributed by atoms with Crippen LogP contribution in [0, 0.1) is 30.9 Å². The molecule has 1 amide bonds. The SMILES string of the molecule is Cc1cccc(C(C)NC(=O)c2n[nH]c(C)c2[N+](=O)[O-])c1C. The first-order valence-electron chi connectivity index (χ1n) is 6.89. The molecule has 0 spiro atoms. The number of carbonyl (C=O) groups excluding carboxylic acids is 1. The zero-order chi connectivity index (χ0) is 16.4. The lowest BCUT2D eigenvalue weighted by Crippen LogP contribution is -2.28. The van der Waals surface area contributed by atoms with Crippen LogP contribution in [0.15, 0.2) is 18.2 Å². The Labute approximate surface area is 127 Å². The monoisotopic (exact) mass is 302 g/mol. The summed E-state index contributed by atoms with van der Waals surface area (Å²) in [6.07, 6.45) is 0. The predicted molar refractivity (Wildman–Crippen MR) is 81.8 cm³/mol. The second-order valence-corrected chi connectivity index (χ2v) is 5.29. The third-order valence-corrected chi connectivity index (χ3v) is 3.77. The smallest absolute Gasteiger partial charge is 0.322 e. The van der Waals surface area contributed by atoms with Crippen LogP contribution in [0.2, 0.25) is 0 Å². The molecule has 22 heavy (non-hydrogen) atoms. The van der Waals surface area contributed by atoms with E-state index in [1.165, 1.54) is 6.92 Å². The summed E-state index contributed by atoms with van der Waals surface area (Å²) in [5.41, 5.74) is 2.96. The standard InChI is InChI=1S/C15H18N4O3/c1-8-6-5-7-12(9(8)2)10(3)16-15(20)13-14(19(21)22)11(4)17-18-13/h5-7,10H,1-4H3,(H,16,20)(H,17,18). The third kappa shape index (κ3) is 2.83. The number of benzene rings is 1. The molecule has 0 radical (unpaired) electrons. The van der Waals surface area contributed by atoms with E-state index in [0.29, 0.717) is 0 Å². The van der Waals surface area contributed by atoms with Gasteiger partial charge in [-0.25, -0.2) is 0 Å². The Morgan fingerprint density at radius 3 is 2.68 bits per heavy atom. The average Bonchev–Trinajstić information content (AvgIpc) is 2.83. The Hall–Kier alpha value is -2.70. The number of nitro groups is 1. The van der Waals surface area contributed by atoms with E-state index >= 15 is 0 Å². The summed E-state index contributed by atoms with van der Waals surface area (Å²) in [5, 5.41) is 20.0. The number of rotatable bonds is 4. The first-order chi connectivity index (χ1) is 10.3. The van der Waals surface area contributed by atoms with Crippen molar-refractivity contribution in [3.8, 4) is 0 Å². The van der Waals surface area contributed by atoms with Gasteiger partial charge in [-0.15, -0.1) is 0 Å². The molecule has 7 heteroatoms. The molecule has 1 unspecified atom stereocenters. The molecule has 1 atom stereocenters. The fourth-order valence-electron chi connectivity index (χ4n) is 2.39. The van der Waals surface area contributed by atoms with Gasteiger partial charge in [0.15, 0.2) is 0 Å². The Bertz CT molecular complexity index is 736. The second kappa shape index (κ2) is 5.97. The van der Waals surface area contributed by atoms with Gasteiger partial charge in [-0.05, 0) is 44.4 Å². The topological polar surface area (TPSA) is 101 Å². The third-order valence-electron chi connectivity index (χ3n) is 3.77. The lowest BCUT2D eigenvalue weighted by atomic mass is 9.98. The van der Waals surface area contributed by atoms with Crippen LogP contribution in [-0.2, 0) is 0 Å². The quantitative estimate of drug-likeness (QED) is 0.669. The highest BCUT2D eigenvalue weighted by Crippen LogP contribution is 2.23. The molecule has 0 saturated carbocycles. The van der Waals surface area contributed by atoms with Gasteiger partial charge in [0, 0.05) is 0 Å². The summed E-state index contributed by atoms with van der Waals surface area (Å²) in [6, 6.07) is 5.57. The van der Waals surface area contributed by atoms with Crippen LogP contribution in [0.25, 0.3) is 0 Å². The van der Waals surface area contributed by atoms with Crippen molar-refractivity contribution in [2.75, 3.05) is 0 Å². The van der Waals surface area contributed by atoms with Crippen molar-refractivity contribution >= 4 is 11.6 Å². The van der Waals surface area contributed by atoms with Gasteiger partial charge in [-0.2, -0.15) is 5.10 Å². The van der Waals surface area contributed by atoms with Crippen molar-refractivity contribution in [2.24, 2.45) is 0 Å². The minimum Gasteiger partial charge on any atom is -0.344 e. The molecule has 0 fully saturated rings. The van der Waals surface area contributed by atoms with Crippen molar-refractivity contribution in [1.29, 1.82) is 0 Å². The Morgan fingerprint density at radius 2 is 2.05 bits per heavy atom. The van der Waals surface area contributed by atoms with Crippen LogP contribution in [0.4, 0.5) is 5.69 Å². The van der Waals surface area contributed by atoms with Crippen molar-refractivity contribution in [3.63, 3.8) is 0 Å². The number of nitrogens with one attached hydrogen (secondary N) is 2. The number of amides is 1. The maximum atomic E-state index is 12.3. The van der Waals surface area contributed by atoms with Crippen LogP contribution < -0.4 is 5.32 Å². The fourth-order valence-corrected chi connectivity index (χ4v) is 2.39. The van der Waals surface area contributed by atoms with Crippen molar-refractivity contribution in [1.82, 2.24) is 15.5 Å².